The number of anilines is 6. The monoisotopic (exact) mass is 846 g/mol. The van der Waals surface area contributed by atoms with Crippen molar-refractivity contribution in [3.63, 3.8) is 0 Å². The number of hydrogen-bond acceptors (Lipinski definition) is 3. The largest absolute Gasteiger partial charge is 0.307 e. The second-order valence-electron chi connectivity index (χ2n) is 15.1. The third-order valence-corrected chi connectivity index (χ3v) is 11.5. The summed E-state index contributed by atoms with van der Waals surface area (Å²) < 4.78 is 94.4. The first kappa shape index (κ1) is 39.5. The number of benzene rings is 10. The van der Waals surface area contributed by atoms with E-state index in [1.807, 2.05) is 36.4 Å². The minimum absolute atomic E-state index is 0.0575. The van der Waals surface area contributed by atoms with E-state index in [0.29, 0.717) is 44.8 Å². The maximum atomic E-state index is 16.4. The third-order valence-electron chi connectivity index (χ3n) is 11.5. The zero-order valence-electron chi connectivity index (χ0n) is 33.2. The van der Waals surface area contributed by atoms with E-state index in [1.54, 1.807) is 82.6 Å². The molecule has 64 heavy (non-hydrogen) atoms. The molecule has 0 aliphatic heterocycles. The van der Waals surface area contributed by atoms with Crippen LogP contribution in [0.2, 0.25) is 0 Å². The van der Waals surface area contributed by atoms with E-state index in [-0.39, 0.29) is 33.6 Å². The Hall–Kier alpha value is -8.60. The number of rotatable bonds is 8. The van der Waals surface area contributed by atoms with Crippen LogP contribution in [0.5, 0.6) is 0 Å². The van der Waals surface area contributed by atoms with Gasteiger partial charge in [0.15, 0.2) is 5.69 Å². The van der Waals surface area contributed by atoms with Crippen LogP contribution < -0.4 is 9.80 Å². The van der Waals surface area contributed by atoms with Crippen molar-refractivity contribution in [2.24, 2.45) is 0 Å². The van der Waals surface area contributed by atoms with Crippen LogP contribution in [0.15, 0.2) is 170 Å². The van der Waals surface area contributed by atoms with Gasteiger partial charge in [-0.3, -0.25) is 0 Å². The van der Waals surface area contributed by atoms with E-state index >= 15 is 26.3 Å². The van der Waals surface area contributed by atoms with Crippen LogP contribution in [0.1, 0.15) is 5.56 Å². The predicted molar refractivity (Wildman–Crippen MR) is 241 cm³/mol. The highest BCUT2D eigenvalue weighted by Gasteiger charge is 2.27. The van der Waals surface area contributed by atoms with Gasteiger partial charge in [0, 0.05) is 56.5 Å². The number of nitriles is 1. The minimum atomic E-state index is -0.957. The lowest BCUT2D eigenvalue weighted by Crippen LogP contribution is -2.14. The Labute approximate surface area is 362 Å². The molecule has 0 radical (unpaired) electrons. The highest BCUT2D eigenvalue weighted by atomic mass is 19.2. The molecule has 0 spiro atoms. The zero-order chi connectivity index (χ0) is 44.2. The number of nitrogens with zero attached hydrogens (tertiary/aromatic N) is 4. The van der Waals surface area contributed by atoms with E-state index in [2.05, 4.69) is 10.9 Å². The molecule has 0 N–H and O–H groups in total. The summed E-state index contributed by atoms with van der Waals surface area (Å²) in [4.78, 5) is 6.70. The average molecular weight is 847 g/mol. The SMILES string of the molecule is [C-]#[N+]c1ccc(N(c2cc(-c3ccccc3F)c(F)cc2F)c2ccc3ccc4c(N(c5ccc(C#N)cc5)c5cc(-c6ccccc6F)c(F)cc5F)ccc5ccc2c3c54)cc1. The lowest BCUT2D eigenvalue weighted by Gasteiger charge is -2.30. The average Bonchev–Trinajstić information content (AvgIpc) is 3.31. The molecule has 0 amide bonds. The summed E-state index contributed by atoms with van der Waals surface area (Å²) in [7, 11) is 0. The van der Waals surface area contributed by atoms with Crippen molar-refractivity contribution in [2.45, 2.75) is 0 Å². The Kier molecular flexibility index (Phi) is 9.70. The quantitative estimate of drug-likeness (QED) is 0.0868. The van der Waals surface area contributed by atoms with Gasteiger partial charge in [-0.05, 0) is 94.3 Å². The van der Waals surface area contributed by atoms with Gasteiger partial charge < -0.3 is 9.80 Å². The minimum Gasteiger partial charge on any atom is -0.307 e. The molecule has 10 aromatic rings. The summed E-state index contributed by atoms with van der Waals surface area (Å²) in [6, 6.07) is 45.2. The molecular formula is C54H28F6N4. The molecule has 0 fully saturated rings. The van der Waals surface area contributed by atoms with E-state index in [9.17, 15) is 5.26 Å². The predicted octanol–water partition coefficient (Wildman–Crippen LogP) is 16.1. The van der Waals surface area contributed by atoms with Crippen LogP contribution >= 0.6 is 0 Å². The molecule has 306 valence electrons. The molecule has 0 aliphatic carbocycles. The lowest BCUT2D eigenvalue weighted by atomic mass is 9.91. The van der Waals surface area contributed by atoms with Gasteiger partial charge in [-0.15, -0.1) is 0 Å². The smallest absolute Gasteiger partial charge is 0.187 e. The normalized spacial score (nSPS) is 11.2. The Morgan fingerprint density at radius 2 is 0.828 bits per heavy atom. The molecule has 0 aromatic heterocycles. The molecule has 4 nitrogen and oxygen atoms in total. The molecule has 10 heteroatoms. The van der Waals surface area contributed by atoms with Crippen molar-refractivity contribution in [1.29, 1.82) is 5.26 Å². The molecule has 0 atom stereocenters. The highest BCUT2D eigenvalue weighted by molar-refractivity contribution is 6.28. The van der Waals surface area contributed by atoms with Crippen LogP contribution in [0.3, 0.4) is 0 Å². The van der Waals surface area contributed by atoms with E-state index in [4.69, 9.17) is 6.57 Å². The lowest BCUT2D eigenvalue weighted by molar-refractivity contribution is 0.583. The second-order valence-corrected chi connectivity index (χ2v) is 15.1. The van der Waals surface area contributed by atoms with Gasteiger partial charge in [-0.25, -0.2) is 31.2 Å². The van der Waals surface area contributed by atoms with Gasteiger partial charge in [0.1, 0.15) is 34.9 Å². The number of hydrogen-bond donors (Lipinski definition) is 0. The molecule has 10 aromatic carbocycles. The molecule has 0 aliphatic rings. The summed E-state index contributed by atoms with van der Waals surface area (Å²) >= 11 is 0. The number of halogens is 6. The standard InChI is InChI=1S/C54H28F6N4/c1-62-34-16-20-36(21-17-34)64(52-27-42(46(58)29-48(52)60)38-7-3-5-9-44(38)56)50-25-15-33-12-22-39-49(24-14-32-13-23-40(50)54(33)53(32)39)63(35-18-10-31(30-61)11-19-35)51-26-41(45(57)28-47(51)59)37-6-2-4-8-43(37)55/h2-29H. The van der Waals surface area contributed by atoms with Crippen molar-refractivity contribution in [3.8, 4) is 28.3 Å². The fourth-order valence-corrected chi connectivity index (χ4v) is 8.53. The van der Waals surface area contributed by atoms with Crippen molar-refractivity contribution < 1.29 is 26.3 Å². The first-order chi connectivity index (χ1) is 31.1. The Balaban J connectivity index is 1.24. The Morgan fingerprint density at radius 1 is 0.406 bits per heavy atom. The molecule has 0 heterocycles. The van der Waals surface area contributed by atoms with Gasteiger partial charge >= 0.3 is 0 Å². The van der Waals surface area contributed by atoms with Gasteiger partial charge in [0.25, 0.3) is 0 Å². The van der Waals surface area contributed by atoms with Gasteiger partial charge in [-0.1, -0.05) is 84.9 Å². The van der Waals surface area contributed by atoms with E-state index < -0.39 is 34.9 Å². The van der Waals surface area contributed by atoms with Crippen molar-refractivity contribution in [2.75, 3.05) is 9.80 Å². The first-order valence-electron chi connectivity index (χ1n) is 19.9. The van der Waals surface area contributed by atoms with Crippen molar-refractivity contribution in [3.05, 3.63) is 222 Å². The maximum absolute atomic E-state index is 16.4. The van der Waals surface area contributed by atoms with Gasteiger partial charge in [0.05, 0.1) is 41.0 Å². The highest BCUT2D eigenvalue weighted by Crippen LogP contribution is 2.49. The maximum Gasteiger partial charge on any atom is 0.187 e. The summed E-state index contributed by atoms with van der Waals surface area (Å²) in [5.74, 6) is -5.14. The van der Waals surface area contributed by atoms with E-state index in [1.165, 1.54) is 48.5 Å². The molecule has 0 bridgehead atoms. The van der Waals surface area contributed by atoms with Crippen molar-refractivity contribution in [1.82, 2.24) is 0 Å². The van der Waals surface area contributed by atoms with Crippen LogP contribution in [0.4, 0.5) is 66.2 Å². The molecular weight excluding hydrogens is 819 g/mol. The summed E-state index contributed by atoms with van der Waals surface area (Å²) in [5.41, 5.74) is 1.86. The third kappa shape index (κ3) is 6.57. The molecule has 0 unspecified atom stereocenters. The van der Waals surface area contributed by atoms with Crippen molar-refractivity contribution >= 4 is 72.1 Å². The second kappa shape index (κ2) is 15.7. The summed E-state index contributed by atoms with van der Waals surface area (Å²) in [6.45, 7) is 7.54. The molecule has 0 saturated carbocycles. The van der Waals surface area contributed by atoms with Gasteiger partial charge in [0.2, 0.25) is 0 Å². The summed E-state index contributed by atoms with van der Waals surface area (Å²) in [6.07, 6.45) is 0. The Bertz CT molecular complexity index is 3320. The van der Waals surface area contributed by atoms with Crippen LogP contribution in [-0.2, 0) is 0 Å². The zero-order valence-corrected chi connectivity index (χ0v) is 33.2. The van der Waals surface area contributed by atoms with Crippen LogP contribution in [0, 0.1) is 52.8 Å². The molecule has 10 rings (SSSR count). The van der Waals surface area contributed by atoms with Gasteiger partial charge in [-0.2, -0.15) is 5.26 Å². The van der Waals surface area contributed by atoms with Crippen LogP contribution in [-0.4, -0.2) is 0 Å². The first-order valence-corrected chi connectivity index (χ1v) is 19.9. The fourth-order valence-electron chi connectivity index (χ4n) is 8.53. The molecule has 0 saturated heterocycles. The summed E-state index contributed by atoms with van der Waals surface area (Å²) in [5, 5.41) is 14.0. The van der Waals surface area contributed by atoms with E-state index in [0.717, 1.165) is 33.7 Å². The Morgan fingerprint density at radius 3 is 1.25 bits per heavy atom. The van der Waals surface area contributed by atoms with Crippen LogP contribution in [0.25, 0.3) is 59.4 Å². The fraction of sp³-hybridized carbons (Fsp3) is 0. The topological polar surface area (TPSA) is 34.6 Å².